The second-order valence-electron chi connectivity index (χ2n) is 6.01. The zero-order chi connectivity index (χ0) is 18.0. The van der Waals surface area contributed by atoms with Gasteiger partial charge in [0.15, 0.2) is 5.82 Å². The van der Waals surface area contributed by atoms with Crippen molar-refractivity contribution in [1.82, 2.24) is 20.1 Å². The van der Waals surface area contributed by atoms with E-state index in [1.807, 2.05) is 6.92 Å². The number of benzene rings is 1. The Morgan fingerprint density at radius 1 is 1.28 bits per heavy atom. The van der Waals surface area contributed by atoms with Crippen molar-refractivity contribution in [1.29, 1.82) is 0 Å². The van der Waals surface area contributed by atoms with Crippen LogP contribution in [0.4, 0.5) is 13.2 Å². The van der Waals surface area contributed by atoms with Crippen LogP contribution in [-0.4, -0.2) is 46.2 Å². The number of hydrogen-bond acceptors (Lipinski definition) is 5. The first kappa shape index (κ1) is 17.7. The van der Waals surface area contributed by atoms with Gasteiger partial charge in [0, 0.05) is 20.2 Å². The number of H-pyrrole nitrogens is 1. The first-order valence-electron chi connectivity index (χ1n) is 7.84. The number of likely N-dealkylation sites (tertiary alicyclic amines) is 1. The Bertz CT molecular complexity index is 702. The highest BCUT2D eigenvalue weighted by Crippen LogP contribution is 2.33. The van der Waals surface area contributed by atoms with E-state index in [1.165, 1.54) is 12.1 Å². The molecule has 6 nitrogen and oxygen atoms in total. The van der Waals surface area contributed by atoms with E-state index in [2.05, 4.69) is 24.8 Å². The molecule has 25 heavy (non-hydrogen) atoms. The van der Waals surface area contributed by atoms with Crippen LogP contribution in [0, 0.1) is 6.92 Å². The number of aromatic amines is 1. The topological polar surface area (TPSA) is 63.3 Å². The number of rotatable bonds is 5. The normalized spacial score (nSPS) is 21.6. The average molecular weight is 356 g/mol. The summed E-state index contributed by atoms with van der Waals surface area (Å²) in [4.78, 5) is 6.56. The molecule has 9 heteroatoms. The molecule has 1 N–H and O–H groups in total. The number of halogens is 3. The Morgan fingerprint density at radius 3 is 2.56 bits per heavy atom. The molecule has 0 radical (unpaired) electrons. The Hall–Kier alpha value is -2.13. The van der Waals surface area contributed by atoms with E-state index in [-0.39, 0.29) is 17.9 Å². The van der Waals surface area contributed by atoms with Gasteiger partial charge in [0.1, 0.15) is 11.6 Å². The lowest BCUT2D eigenvalue weighted by Crippen LogP contribution is -2.25. The zero-order valence-electron chi connectivity index (χ0n) is 13.9. The third-order valence-corrected chi connectivity index (χ3v) is 4.15. The lowest BCUT2D eigenvalue weighted by molar-refractivity contribution is -0.274. The zero-order valence-corrected chi connectivity index (χ0v) is 13.9. The van der Waals surface area contributed by atoms with E-state index in [4.69, 9.17) is 4.74 Å². The number of nitrogens with zero attached hydrogens (tertiary/aromatic N) is 3. The number of methoxy groups -OCH3 is 1. The first-order chi connectivity index (χ1) is 11.8. The van der Waals surface area contributed by atoms with Crippen molar-refractivity contribution in [3.05, 3.63) is 41.5 Å². The summed E-state index contributed by atoms with van der Waals surface area (Å²) in [5.74, 6) is 1.21. The molecule has 0 aliphatic carbocycles. The van der Waals surface area contributed by atoms with Crippen LogP contribution in [0.5, 0.6) is 5.75 Å². The SMILES string of the molecule is CO[C@H]1C[C@@H](c2n[nH]c(C)n2)N(Cc2ccc(OC(F)(F)F)cc2)C1. The van der Waals surface area contributed by atoms with Crippen LogP contribution in [0.3, 0.4) is 0 Å². The fourth-order valence-corrected chi connectivity index (χ4v) is 3.02. The van der Waals surface area contributed by atoms with Gasteiger partial charge in [-0.3, -0.25) is 10.00 Å². The van der Waals surface area contributed by atoms with Gasteiger partial charge < -0.3 is 9.47 Å². The maximum absolute atomic E-state index is 12.2. The number of hydrogen-bond donors (Lipinski definition) is 1. The summed E-state index contributed by atoms with van der Waals surface area (Å²) in [6.45, 7) is 3.10. The summed E-state index contributed by atoms with van der Waals surface area (Å²) in [7, 11) is 1.66. The second-order valence-corrected chi connectivity index (χ2v) is 6.01. The quantitative estimate of drug-likeness (QED) is 0.892. The number of nitrogens with one attached hydrogen (secondary N) is 1. The first-order valence-corrected chi connectivity index (χ1v) is 7.84. The molecule has 2 heterocycles. The third-order valence-electron chi connectivity index (χ3n) is 4.15. The predicted octanol–water partition coefficient (Wildman–Crippen LogP) is 2.97. The molecule has 1 aliphatic rings. The molecule has 1 aliphatic heterocycles. The molecule has 3 rings (SSSR count). The van der Waals surface area contributed by atoms with Gasteiger partial charge in [-0.15, -0.1) is 13.2 Å². The number of ether oxygens (including phenoxy) is 2. The van der Waals surface area contributed by atoms with E-state index in [9.17, 15) is 13.2 Å². The van der Waals surface area contributed by atoms with E-state index >= 15 is 0 Å². The van der Waals surface area contributed by atoms with Crippen LogP contribution in [0.1, 0.15) is 29.7 Å². The van der Waals surface area contributed by atoms with Gasteiger partial charge in [-0.2, -0.15) is 5.10 Å². The molecular formula is C16H19F3N4O2. The van der Waals surface area contributed by atoms with E-state index < -0.39 is 6.36 Å². The predicted molar refractivity (Wildman–Crippen MR) is 82.8 cm³/mol. The molecule has 1 fully saturated rings. The molecule has 2 aromatic rings. The highest BCUT2D eigenvalue weighted by molar-refractivity contribution is 5.27. The van der Waals surface area contributed by atoms with Crippen molar-refractivity contribution in [2.75, 3.05) is 13.7 Å². The largest absolute Gasteiger partial charge is 0.573 e. The molecule has 136 valence electrons. The maximum atomic E-state index is 12.2. The van der Waals surface area contributed by atoms with Gasteiger partial charge in [0.2, 0.25) is 0 Å². The van der Waals surface area contributed by atoms with Gasteiger partial charge in [0.05, 0.1) is 12.1 Å². The fourth-order valence-electron chi connectivity index (χ4n) is 3.02. The van der Waals surface area contributed by atoms with Crippen molar-refractivity contribution in [3.8, 4) is 5.75 Å². The molecule has 0 bridgehead atoms. The van der Waals surface area contributed by atoms with E-state index in [0.717, 1.165) is 17.8 Å². The number of alkyl halides is 3. The van der Waals surface area contributed by atoms with Crippen LogP contribution in [-0.2, 0) is 11.3 Å². The summed E-state index contributed by atoms with van der Waals surface area (Å²) >= 11 is 0. The van der Waals surface area contributed by atoms with Gasteiger partial charge in [-0.05, 0) is 31.0 Å². The summed E-state index contributed by atoms with van der Waals surface area (Å²) < 4.78 is 46.0. The summed E-state index contributed by atoms with van der Waals surface area (Å²) in [6, 6.07) is 5.89. The van der Waals surface area contributed by atoms with Crippen molar-refractivity contribution < 1.29 is 22.6 Å². The lowest BCUT2D eigenvalue weighted by atomic mass is 10.1. The number of aromatic nitrogens is 3. The van der Waals surface area contributed by atoms with Crippen LogP contribution in [0.2, 0.25) is 0 Å². The minimum absolute atomic E-state index is 0.000927. The minimum atomic E-state index is -4.68. The second kappa shape index (κ2) is 7.01. The molecule has 0 saturated carbocycles. The molecule has 0 unspecified atom stereocenters. The van der Waals surface area contributed by atoms with E-state index in [1.54, 1.807) is 19.2 Å². The highest BCUT2D eigenvalue weighted by Gasteiger charge is 2.35. The summed E-state index contributed by atoms with van der Waals surface area (Å²) in [6.07, 6.45) is -3.85. The molecule has 0 spiro atoms. The van der Waals surface area contributed by atoms with Crippen LogP contribution >= 0.6 is 0 Å². The third kappa shape index (κ3) is 4.49. The van der Waals surface area contributed by atoms with Crippen LogP contribution < -0.4 is 4.74 Å². The molecular weight excluding hydrogens is 337 g/mol. The van der Waals surface area contributed by atoms with Crippen LogP contribution in [0.15, 0.2) is 24.3 Å². The molecule has 1 aromatic carbocycles. The smallest absolute Gasteiger partial charge is 0.406 e. The molecule has 0 amide bonds. The highest BCUT2D eigenvalue weighted by atomic mass is 19.4. The van der Waals surface area contributed by atoms with Crippen molar-refractivity contribution in [2.45, 2.75) is 38.4 Å². The van der Waals surface area contributed by atoms with Gasteiger partial charge in [-0.25, -0.2) is 4.98 Å². The average Bonchev–Trinajstić information content (AvgIpc) is 3.14. The Labute approximate surface area is 143 Å². The van der Waals surface area contributed by atoms with Gasteiger partial charge in [-0.1, -0.05) is 12.1 Å². The number of aryl methyl sites for hydroxylation is 1. The van der Waals surface area contributed by atoms with Crippen molar-refractivity contribution >= 4 is 0 Å². The molecule has 1 aromatic heterocycles. The van der Waals surface area contributed by atoms with Crippen molar-refractivity contribution in [3.63, 3.8) is 0 Å². The standard InChI is InChI=1S/C16H19F3N4O2/c1-10-20-15(22-21-10)14-7-13(24-2)9-23(14)8-11-3-5-12(6-4-11)25-16(17,18)19/h3-6,13-14H,7-9H2,1-2H3,(H,20,21,22)/t13-,14-/m0/s1. The van der Waals surface area contributed by atoms with Gasteiger partial charge in [0.25, 0.3) is 0 Å². The summed E-state index contributed by atoms with van der Waals surface area (Å²) in [5, 5.41) is 7.07. The monoisotopic (exact) mass is 356 g/mol. The Morgan fingerprint density at radius 2 is 2.00 bits per heavy atom. The maximum Gasteiger partial charge on any atom is 0.573 e. The Balaban J connectivity index is 1.71. The van der Waals surface area contributed by atoms with E-state index in [0.29, 0.717) is 18.9 Å². The molecule has 1 saturated heterocycles. The summed E-state index contributed by atoms with van der Waals surface area (Å²) in [5.41, 5.74) is 0.878. The molecule has 2 atom stereocenters. The van der Waals surface area contributed by atoms with Crippen LogP contribution in [0.25, 0.3) is 0 Å². The minimum Gasteiger partial charge on any atom is -0.406 e. The van der Waals surface area contributed by atoms with Gasteiger partial charge >= 0.3 is 6.36 Å². The Kier molecular flexibility index (Phi) is 4.96. The lowest BCUT2D eigenvalue weighted by Gasteiger charge is -2.22. The van der Waals surface area contributed by atoms with Crippen molar-refractivity contribution in [2.24, 2.45) is 0 Å². The fraction of sp³-hybridized carbons (Fsp3) is 0.500.